The topological polar surface area (TPSA) is 24.1 Å². The summed E-state index contributed by atoms with van der Waals surface area (Å²) in [7, 11) is 0. The van der Waals surface area contributed by atoms with Gasteiger partial charge >= 0.3 is 0 Å². The summed E-state index contributed by atoms with van der Waals surface area (Å²) in [6.07, 6.45) is 0. The first-order valence-corrected chi connectivity index (χ1v) is 5.83. The maximum absolute atomic E-state index is 6.17. The van der Waals surface area contributed by atoms with Crippen LogP contribution in [0.25, 0.3) is 0 Å². The Bertz CT molecular complexity index is 324. The monoisotopic (exact) mass is 274 g/mol. The highest BCUT2D eigenvalue weighted by Gasteiger charge is 2.16. The largest absolute Gasteiger partial charge is 0.314 e. The molecule has 0 unspecified atom stereocenters. The van der Waals surface area contributed by atoms with Gasteiger partial charge in [-0.3, -0.25) is 0 Å². The normalized spacial score (nSPS) is 22.3. The standard InChI is InChI=1S/C10H12BrClN2/c11-7-1-2-8(9(12)5-7)10-6-13-3-4-14-10/h1-2,5,10,13-14H,3-4,6H2/t10-/m1/s1. The van der Waals surface area contributed by atoms with Gasteiger partial charge in [-0.25, -0.2) is 0 Å². The summed E-state index contributed by atoms with van der Waals surface area (Å²) in [5.74, 6) is 0. The molecule has 0 aliphatic carbocycles. The minimum Gasteiger partial charge on any atom is -0.314 e. The Morgan fingerprint density at radius 2 is 2.21 bits per heavy atom. The van der Waals surface area contributed by atoms with Gasteiger partial charge < -0.3 is 10.6 Å². The van der Waals surface area contributed by atoms with Gasteiger partial charge in [-0.05, 0) is 17.7 Å². The van der Waals surface area contributed by atoms with Gasteiger partial charge in [-0.1, -0.05) is 33.6 Å². The van der Waals surface area contributed by atoms with Crippen LogP contribution in [0.1, 0.15) is 11.6 Å². The van der Waals surface area contributed by atoms with Crippen LogP contribution in [0.4, 0.5) is 0 Å². The second-order valence-corrected chi connectivity index (χ2v) is 4.70. The fourth-order valence-electron chi connectivity index (χ4n) is 1.66. The third-order valence-electron chi connectivity index (χ3n) is 2.38. The first kappa shape index (κ1) is 10.4. The highest BCUT2D eigenvalue weighted by Crippen LogP contribution is 2.26. The van der Waals surface area contributed by atoms with Crippen molar-refractivity contribution in [1.82, 2.24) is 10.6 Å². The van der Waals surface area contributed by atoms with Gasteiger partial charge in [0.2, 0.25) is 0 Å². The van der Waals surface area contributed by atoms with Crippen molar-refractivity contribution < 1.29 is 0 Å². The Balaban J connectivity index is 2.22. The molecule has 1 heterocycles. The Morgan fingerprint density at radius 1 is 1.36 bits per heavy atom. The van der Waals surface area contributed by atoms with Crippen molar-refractivity contribution >= 4 is 27.5 Å². The molecule has 1 aromatic rings. The number of hydrogen-bond donors (Lipinski definition) is 2. The fourth-order valence-corrected chi connectivity index (χ4v) is 2.46. The van der Waals surface area contributed by atoms with Crippen molar-refractivity contribution in [2.24, 2.45) is 0 Å². The summed E-state index contributed by atoms with van der Waals surface area (Å²) >= 11 is 9.56. The number of halogens is 2. The molecule has 76 valence electrons. The second kappa shape index (κ2) is 4.62. The lowest BCUT2D eigenvalue weighted by molar-refractivity contribution is 0.430. The summed E-state index contributed by atoms with van der Waals surface area (Å²) in [5.41, 5.74) is 1.17. The SMILES string of the molecule is Clc1cc(Br)ccc1[C@H]1CNCCN1. The predicted octanol–water partition coefficient (Wildman–Crippen LogP) is 2.34. The number of hydrogen-bond acceptors (Lipinski definition) is 2. The van der Waals surface area contributed by atoms with E-state index in [2.05, 4.69) is 32.6 Å². The lowest BCUT2D eigenvalue weighted by Gasteiger charge is -2.25. The molecule has 14 heavy (non-hydrogen) atoms. The summed E-state index contributed by atoms with van der Waals surface area (Å²) < 4.78 is 1.02. The Hall–Kier alpha value is -0.0900. The van der Waals surface area contributed by atoms with Gasteiger partial charge in [0.25, 0.3) is 0 Å². The van der Waals surface area contributed by atoms with Gasteiger partial charge in [-0.15, -0.1) is 0 Å². The maximum atomic E-state index is 6.17. The molecule has 2 nitrogen and oxygen atoms in total. The molecule has 0 radical (unpaired) electrons. The molecule has 1 aromatic carbocycles. The van der Waals surface area contributed by atoms with Crippen molar-refractivity contribution in [3.05, 3.63) is 33.3 Å². The van der Waals surface area contributed by atoms with Crippen LogP contribution in [0.15, 0.2) is 22.7 Å². The molecule has 1 atom stereocenters. The van der Waals surface area contributed by atoms with Crippen molar-refractivity contribution in [2.45, 2.75) is 6.04 Å². The molecule has 0 amide bonds. The number of nitrogens with one attached hydrogen (secondary N) is 2. The molecule has 0 saturated carbocycles. The minimum atomic E-state index is 0.337. The van der Waals surface area contributed by atoms with E-state index in [-0.39, 0.29) is 0 Å². The molecular formula is C10H12BrClN2. The average molecular weight is 276 g/mol. The van der Waals surface area contributed by atoms with Crippen molar-refractivity contribution in [3.63, 3.8) is 0 Å². The third kappa shape index (κ3) is 2.28. The van der Waals surface area contributed by atoms with Crippen LogP contribution in [-0.4, -0.2) is 19.6 Å². The van der Waals surface area contributed by atoms with Gasteiger partial charge in [0.15, 0.2) is 0 Å². The van der Waals surface area contributed by atoms with E-state index < -0.39 is 0 Å². The van der Waals surface area contributed by atoms with E-state index in [0.29, 0.717) is 6.04 Å². The first-order chi connectivity index (χ1) is 6.77. The van der Waals surface area contributed by atoms with Crippen molar-refractivity contribution in [2.75, 3.05) is 19.6 Å². The predicted molar refractivity (Wildman–Crippen MR) is 62.8 cm³/mol. The summed E-state index contributed by atoms with van der Waals surface area (Å²) in [4.78, 5) is 0. The van der Waals surface area contributed by atoms with Crippen LogP contribution in [0.5, 0.6) is 0 Å². The zero-order valence-corrected chi connectivity index (χ0v) is 10.0. The van der Waals surface area contributed by atoms with Crippen LogP contribution in [0, 0.1) is 0 Å². The van der Waals surface area contributed by atoms with Crippen LogP contribution >= 0.6 is 27.5 Å². The molecule has 1 saturated heterocycles. The maximum Gasteiger partial charge on any atom is 0.0465 e. The van der Waals surface area contributed by atoms with E-state index in [4.69, 9.17) is 11.6 Å². The molecule has 4 heteroatoms. The minimum absolute atomic E-state index is 0.337. The molecule has 1 aliphatic rings. The van der Waals surface area contributed by atoms with Crippen LogP contribution in [0.3, 0.4) is 0 Å². The highest BCUT2D eigenvalue weighted by atomic mass is 79.9. The van der Waals surface area contributed by atoms with E-state index >= 15 is 0 Å². The first-order valence-electron chi connectivity index (χ1n) is 4.66. The quantitative estimate of drug-likeness (QED) is 0.822. The van der Waals surface area contributed by atoms with E-state index in [1.165, 1.54) is 5.56 Å². The van der Waals surface area contributed by atoms with Crippen molar-refractivity contribution in [1.29, 1.82) is 0 Å². The summed E-state index contributed by atoms with van der Waals surface area (Å²) in [5, 5.41) is 7.60. The Kier molecular flexibility index (Phi) is 3.44. The number of benzene rings is 1. The second-order valence-electron chi connectivity index (χ2n) is 3.38. The lowest BCUT2D eigenvalue weighted by atomic mass is 10.1. The number of piperazine rings is 1. The molecule has 0 bridgehead atoms. The molecule has 2 rings (SSSR count). The Morgan fingerprint density at radius 3 is 2.86 bits per heavy atom. The van der Waals surface area contributed by atoms with Crippen molar-refractivity contribution in [3.8, 4) is 0 Å². The zero-order chi connectivity index (χ0) is 9.97. The molecule has 1 fully saturated rings. The fraction of sp³-hybridized carbons (Fsp3) is 0.400. The van der Waals surface area contributed by atoms with Gasteiger partial charge in [0, 0.05) is 35.2 Å². The molecule has 0 spiro atoms. The van der Waals surface area contributed by atoms with E-state index in [0.717, 1.165) is 29.1 Å². The Labute approximate surface area is 97.2 Å². The van der Waals surface area contributed by atoms with Gasteiger partial charge in [0.05, 0.1) is 0 Å². The van der Waals surface area contributed by atoms with Crippen LogP contribution in [0.2, 0.25) is 5.02 Å². The smallest absolute Gasteiger partial charge is 0.0465 e. The number of rotatable bonds is 1. The average Bonchev–Trinajstić information content (AvgIpc) is 2.19. The third-order valence-corrected chi connectivity index (χ3v) is 3.20. The van der Waals surface area contributed by atoms with E-state index in [1.807, 2.05) is 12.1 Å². The molecule has 0 aromatic heterocycles. The summed E-state index contributed by atoms with van der Waals surface area (Å²) in [6, 6.07) is 6.37. The van der Waals surface area contributed by atoms with Gasteiger partial charge in [-0.2, -0.15) is 0 Å². The lowest BCUT2D eigenvalue weighted by Crippen LogP contribution is -2.42. The summed E-state index contributed by atoms with van der Waals surface area (Å²) in [6.45, 7) is 2.98. The van der Waals surface area contributed by atoms with Crippen LogP contribution in [-0.2, 0) is 0 Å². The zero-order valence-electron chi connectivity index (χ0n) is 7.69. The van der Waals surface area contributed by atoms with Crippen LogP contribution < -0.4 is 10.6 Å². The molecule has 2 N–H and O–H groups in total. The van der Waals surface area contributed by atoms with E-state index in [1.54, 1.807) is 0 Å². The molecular weight excluding hydrogens is 263 g/mol. The molecule has 1 aliphatic heterocycles. The van der Waals surface area contributed by atoms with E-state index in [9.17, 15) is 0 Å². The van der Waals surface area contributed by atoms with Gasteiger partial charge in [0.1, 0.15) is 0 Å². The highest BCUT2D eigenvalue weighted by molar-refractivity contribution is 9.10.